The molecule has 3 rings (SSSR count). The fourth-order valence-electron chi connectivity index (χ4n) is 3.06. The average molecular weight is 483 g/mol. The molecule has 0 amide bonds. The quantitative estimate of drug-likeness (QED) is 0.402. The van der Waals surface area contributed by atoms with Gasteiger partial charge in [0.1, 0.15) is 11.6 Å². The first-order valence-corrected chi connectivity index (χ1v) is 9.38. The predicted molar refractivity (Wildman–Crippen MR) is 121 cm³/mol. The molecule has 27 heavy (non-hydrogen) atoms. The van der Waals surface area contributed by atoms with Crippen molar-refractivity contribution in [2.45, 2.75) is 33.2 Å². The van der Waals surface area contributed by atoms with E-state index in [4.69, 9.17) is 9.41 Å². The largest absolute Gasteiger partial charge is 0.469 e. The molecule has 1 aliphatic rings. The number of halogens is 1. The molecular formula is C20H30IN5O. The molecule has 148 valence electrons. The lowest BCUT2D eigenvalue weighted by Gasteiger charge is -2.37. The number of aliphatic imine (C=N–C) groups is 1. The lowest BCUT2D eigenvalue weighted by molar-refractivity contribution is 0.367. The van der Waals surface area contributed by atoms with Crippen molar-refractivity contribution in [3.63, 3.8) is 0 Å². The average Bonchev–Trinajstić information content (AvgIpc) is 3.14. The van der Waals surface area contributed by atoms with Crippen molar-refractivity contribution in [2.75, 3.05) is 37.6 Å². The van der Waals surface area contributed by atoms with Gasteiger partial charge in [-0.1, -0.05) is 0 Å². The number of rotatable bonds is 5. The van der Waals surface area contributed by atoms with E-state index in [2.05, 4.69) is 46.9 Å². The maximum atomic E-state index is 5.40. The van der Waals surface area contributed by atoms with Crippen LogP contribution in [-0.2, 0) is 6.42 Å². The van der Waals surface area contributed by atoms with Gasteiger partial charge in [0.25, 0.3) is 0 Å². The van der Waals surface area contributed by atoms with Crippen molar-refractivity contribution in [2.24, 2.45) is 4.99 Å². The van der Waals surface area contributed by atoms with Gasteiger partial charge < -0.3 is 19.5 Å². The zero-order chi connectivity index (χ0) is 18.4. The van der Waals surface area contributed by atoms with Crippen molar-refractivity contribution >= 4 is 35.8 Å². The summed E-state index contributed by atoms with van der Waals surface area (Å²) >= 11 is 0. The first kappa shape index (κ1) is 21.5. The van der Waals surface area contributed by atoms with E-state index in [-0.39, 0.29) is 24.0 Å². The van der Waals surface area contributed by atoms with Gasteiger partial charge in [0.2, 0.25) is 0 Å². The summed E-state index contributed by atoms with van der Waals surface area (Å²) < 4.78 is 5.40. The van der Waals surface area contributed by atoms with Crippen LogP contribution in [0.4, 0.5) is 5.82 Å². The van der Waals surface area contributed by atoms with Gasteiger partial charge in [-0.2, -0.15) is 0 Å². The van der Waals surface area contributed by atoms with Crippen LogP contribution in [0.2, 0.25) is 0 Å². The van der Waals surface area contributed by atoms with Crippen LogP contribution in [0.5, 0.6) is 0 Å². The number of anilines is 1. The minimum atomic E-state index is 0. The zero-order valence-corrected chi connectivity index (χ0v) is 18.7. The van der Waals surface area contributed by atoms with E-state index in [1.54, 1.807) is 6.26 Å². The van der Waals surface area contributed by atoms with Crippen molar-refractivity contribution in [3.05, 3.63) is 48.0 Å². The van der Waals surface area contributed by atoms with Crippen molar-refractivity contribution < 1.29 is 4.42 Å². The van der Waals surface area contributed by atoms with Crippen LogP contribution >= 0.6 is 24.0 Å². The fourth-order valence-corrected chi connectivity index (χ4v) is 3.06. The summed E-state index contributed by atoms with van der Waals surface area (Å²) in [5, 5.41) is 3.50. The molecule has 3 heterocycles. The number of nitrogens with zero attached hydrogens (tertiary/aromatic N) is 4. The summed E-state index contributed by atoms with van der Waals surface area (Å²) in [7, 11) is 0. The molecule has 2 aromatic heterocycles. The van der Waals surface area contributed by atoms with Gasteiger partial charge in [-0.3, -0.25) is 4.99 Å². The van der Waals surface area contributed by atoms with E-state index in [1.165, 1.54) is 5.56 Å². The first-order valence-electron chi connectivity index (χ1n) is 9.38. The highest BCUT2D eigenvalue weighted by Crippen LogP contribution is 2.15. The van der Waals surface area contributed by atoms with Crippen LogP contribution in [0, 0.1) is 6.92 Å². The summed E-state index contributed by atoms with van der Waals surface area (Å²) in [5.41, 5.74) is 1.25. The Kier molecular flexibility index (Phi) is 8.40. The van der Waals surface area contributed by atoms with Crippen LogP contribution in [0.3, 0.4) is 0 Å². The van der Waals surface area contributed by atoms with Gasteiger partial charge in [-0.25, -0.2) is 4.98 Å². The first-order chi connectivity index (χ1) is 12.6. The number of aromatic nitrogens is 1. The fraction of sp³-hybridized carbons (Fsp3) is 0.500. The molecule has 7 heteroatoms. The lowest BCUT2D eigenvalue weighted by atomic mass is 10.2. The third-order valence-corrected chi connectivity index (χ3v) is 4.42. The zero-order valence-electron chi connectivity index (χ0n) is 16.4. The third-order valence-electron chi connectivity index (χ3n) is 4.42. The summed E-state index contributed by atoms with van der Waals surface area (Å²) in [5.74, 6) is 3.04. The van der Waals surface area contributed by atoms with Crippen LogP contribution in [0.25, 0.3) is 0 Å². The topological polar surface area (TPSA) is 56.9 Å². The van der Waals surface area contributed by atoms with E-state index in [9.17, 15) is 0 Å². The van der Waals surface area contributed by atoms with E-state index < -0.39 is 0 Å². The Balaban J connectivity index is 0.00000261. The predicted octanol–water partition coefficient (Wildman–Crippen LogP) is 3.32. The Hall–Kier alpha value is -1.77. The second kappa shape index (κ2) is 10.5. The summed E-state index contributed by atoms with van der Waals surface area (Å²) in [6.45, 7) is 10.9. The molecule has 1 N–H and O–H groups in total. The highest BCUT2D eigenvalue weighted by Gasteiger charge is 2.21. The maximum Gasteiger partial charge on any atom is 0.194 e. The minimum Gasteiger partial charge on any atom is -0.469 e. The molecule has 6 nitrogen and oxygen atoms in total. The number of hydrogen-bond acceptors (Lipinski definition) is 4. The van der Waals surface area contributed by atoms with E-state index in [0.717, 1.165) is 56.7 Å². The normalized spacial score (nSPS) is 15.0. The highest BCUT2D eigenvalue weighted by molar-refractivity contribution is 14.0. The SMILES string of the molecule is Cc1ccnc(N2CCN(C(=NCCc3ccco3)NC(C)C)CC2)c1.I. The molecule has 0 atom stereocenters. The number of furan rings is 1. The van der Waals surface area contributed by atoms with Crippen molar-refractivity contribution in [1.29, 1.82) is 0 Å². The van der Waals surface area contributed by atoms with Crippen LogP contribution in [0.15, 0.2) is 46.1 Å². The summed E-state index contributed by atoms with van der Waals surface area (Å²) in [6.07, 6.45) is 4.42. The molecule has 0 aliphatic carbocycles. The number of piperazine rings is 1. The molecule has 0 unspecified atom stereocenters. The molecule has 2 aromatic rings. The smallest absolute Gasteiger partial charge is 0.194 e. The summed E-state index contributed by atoms with van der Waals surface area (Å²) in [4.78, 5) is 14.0. The molecule has 0 aromatic carbocycles. The van der Waals surface area contributed by atoms with Gasteiger partial charge >= 0.3 is 0 Å². The Labute approximate surface area is 179 Å². The molecule has 0 saturated carbocycles. The number of nitrogens with one attached hydrogen (secondary N) is 1. The molecule has 1 aliphatic heterocycles. The third kappa shape index (κ3) is 6.41. The van der Waals surface area contributed by atoms with Crippen LogP contribution < -0.4 is 10.2 Å². The summed E-state index contributed by atoms with van der Waals surface area (Å²) in [6, 6.07) is 8.47. The number of hydrogen-bond donors (Lipinski definition) is 1. The van der Waals surface area contributed by atoms with E-state index in [0.29, 0.717) is 6.04 Å². The van der Waals surface area contributed by atoms with Crippen LogP contribution in [0.1, 0.15) is 25.2 Å². The Morgan fingerprint density at radius 3 is 2.67 bits per heavy atom. The molecule has 1 saturated heterocycles. The number of aryl methyl sites for hydroxylation is 1. The van der Waals surface area contributed by atoms with Gasteiger partial charge in [-0.05, 0) is 50.6 Å². The molecule has 0 spiro atoms. The van der Waals surface area contributed by atoms with E-state index >= 15 is 0 Å². The second-order valence-corrected chi connectivity index (χ2v) is 7.00. The Morgan fingerprint density at radius 2 is 2.04 bits per heavy atom. The van der Waals surface area contributed by atoms with Gasteiger partial charge in [0, 0.05) is 51.4 Å². The van der Waals surface area contributed by atoms with Crippen molar-refractivity contribution in [3.8, 4) is 0 Å². The minimum absolute atomic E-state index is 0. The van der Waals surface area contributed by atoms with E-state index in [1.807, 2.05) is 24.4 Å². The number of pyridine rings is 1. The second-order valence-electron chi connectivity index (χ2n) is 7.00. The van der Waals surface area contributed by atoms with Crippen LogP contribution in [-0.4, -0.2) is 54.6 Å². The lowest BCUT2D eigenvalue weighted by Crippen LogP contribution is -2.54. The Bertz CT molecular complexity index is 709. The monoisotopic (exact) mass is 483 g/mol. The molecule has 0 bridgehead atoms. The van der Waals surface area contributed by atoms with Gasteiger partial charge in [-0.15, -0.1) is 24.0 Å². The Morgan fingerprint density at radius 1 is 1.26 bits per heavy atom. The standard InChI is InChI=1S/C20H29N5O.HI/c1-16(2)23-20(22-9-7-18-5-4-14-26-18)25-12-10-24(11-13-25)19-15-17(3)6-8-21-19;/h4-6,8,14-16H,7,9-13H2,1-3H3,(H,22,23);1H. The van der Waals surface area contributed by atoms with Crippen molar-refractivity contribution in [1.82, 2.24) is 15.2 Å². The molecule has 1 fully saturated rings. The van der Waals surface area contributed by atoms with Gasteiger partial charge in [0.05, 0.1) is 6.26 Å². The molecular weight excluding hydrogens is 453 g/mol. The number of guanidine groups is 1. The van der Waals surface area contributed by atoms with Gasteiger partial charge in [0.15, 0.2) is 5.96 Å². The maximum absolute atomic E-state index is 5.40. The molecule has 0 radical (unpaired) electrons. The highest BCUT2D eigenvalue weighted by atomic mass is 127.